The molecular formula is C12H21N5O3. The largest absolute Gasteiger partial charge is 0.395 e. The summed E-state index contributed by atoms with van der Waals surface area (Å²) in [4.78, 5) is 26.7. The van der Waals surface area contributed by atoms with Gasteiger partial charge in [0.25, 0.3) is 5.91 Å². The third-order valence-corrected chi connectivity index (χ3v) is 2.34. The van der Waals surface area contributed by atoms with E-state index in [4.69, 9.17) is 21.6 Å². The van der Waals surface area contributed by atoms with Crippen molar-refractivity contribution in [2.75, 3.05) is 19.7 Å². The van der Waals surface area contributed by atoms with E-state index in [9.17, 15) is 9.59 Å². The summed E-state index contributed by atoms with van der Waals surface area (Å²) >= 11 is 0. The second-order valence-corrected chi connectivity index (χ2v) is 4.05. The Kier molecular flexibility index (Phi) is 10.6. The molecule has 0 saturated heterocycles. The summed E-state index contributed by atoms with van der Waals surface area (Å²) in [5, 5.41) is 14.5. The number of hydrogen-bond acceptors (Lipinski definition) is 6. The Morgan fingerprint density at radius 3 is 2.60 bits per heavy atom. The van der Waals surface area contributed by atoms with Crippen LogP contribution in [0, 0.1) is 11.3 Å². The Hall–Kier alpha value is -2.14. The Bertz CT molecular complexity index is 376. The van der Waals surface area contributed by atoms with Gasteiger partial charge >= 0.3 is 0 Å². The van der Waals surface area contributed by atoms with Gasteiger partial charge in [-0.05, 0) is 25.8 Å². The zero-order valence-electron chi connectivity index (χ0n) is 11.4. The maximum absolute atomic E-state index is 11.4. The zero-order valence-corrected chi connectivity index (χ0v) is 11.4. The predicted molar refractivity (Wildman–Crippen MR) is 73.3 cm³/mol. The number of amides is 2. The van der Waals surface area contributed by atoms with Gasteiger partial charge in [0.15, 0.2) is 0 Å². The van der Waals surface area contributed by atoms with E-state index in [0.29, 0.717) is 25.9 Å². The van der Waals surface area contributed by atoms with Gasteiger partial charge in [-0.25, -0.2) is 0 Å². The monoisotopic (exact) mass is 283 g/mol. The number of carbonyl (C=O) groups excluding carboxylic acids is 2. The summed E-state index contributed by atoms with van der Waals surface area (Å²) < 4.78 is 0. The lowest BCUT2D eigenvalue weighted by Crippen LogP contribution is -2.24. The van der Waals surface area contributed by atoms with Crippen LogP contribution >= 0.6 is 0 Å². The Morgan fingerprint density at radius 2 is 2.00 bits per heavy atom. The molecule has 0 aliphatic rings. The Balaban J connectivity index is 3.58. The van der Waals surface area contributed by atoms with Crippen LogP contribution in [0.1, 0.15) is 32.1 Å². The van der Waals surface area contributed by atoms with Crippen LogP contribution in [0.5, 0.6) is 0 Å². The molecule has 0 aromatic heterocycles. The van der Waals surface area contributed by atoms with Crippen LogP contribution in [-0.2, 0) is 14.4 Å². The molecule has 0 radical (unpaired) electrons. The molecule has 8 nitrogen and oxygen atoms in total. The fraction of sp³-hybridized carbons (Fsp3) is 0.667. The molecule has 0 aliphatic heterocycles. The van der Waals surface area contributed by atoms with Crippen molar-refractivity contribution in [1.82, 2.24) is 5.32 Å². The molecule has 0 spiro atoms. The third kappa shape index (κ3) is 9.85. The lowest BCUT2D eigenvalue weighted by Gasteiger charge is -2.04. The van der Waals surface area contributed by atoms with Gasteiger partial charge in [0.1, 0.15) is 12.7 Å². The van der Waals surface area contributed by atoms with Crippen LogP contribution in [0.25, 0.3) is 0 Å². The molecule has 0 aromatic rings. The molecule has 0 aromatic carbocycles. The van der Waals surface area contributed by atoms with Gasteiger partial charge in [-0.2, -0.15) is 5.26 Å². The molecule has 0 fully saturated rings. The topological polar surface area (TPSA) is 144 Å². The number of nitrogens with one attached hydrogen (secondary N) is 1. The van der Waals surface area contributed by atoms with E-state index >= 15 is 0 Å². The van der Waals surface area contributed by atoms with Crippen molar-refractivity contribution in [1.29, 1.82) is 5.26 Å². The number of hydrogen-bond donors (Lipinski definition) is 3. The highest BCUT2D eigenvalue weighted by Crippen LogP contribution is 1.94. The van der Waals surface area contributed by atoms with Crippen LogP contribution in [0.3, 0.4) is 0 Å². The van der Waals surface area contributed by atoms with E-state index in [1.807, 2.05) is 0 Å². The molecular weight excluding hydrogens is 262 g/mol. The number of nitrogens with zero attached hydrogens (tertiary/aromatic N) is 2. The predicted octanol–water partition coefficient (Wildman–Crippen LogP) is -0.607. The number of nitriles is 1. The minimum atomic E-state index is -0.942. The Labute approximate surface area is 118 Å². The summed E-state index contributed by atoms with van der Waals surface area (Å²) in [7, 11) is 0. The van der Waals surface area contributed by atoms with Gasteiger partial charge in [-0.3, -0.25) is 9.59 Å². The fourth-order valence-corrected chi connectivity index (χ4v) is 1.29. The number of oxime groups is 1. The highest BCUT2D eigenvalue weighted by atomic mass is 16.6. The summed E-state index contributed by atoms with van der Waals surface area (Å²) in [6.07, 6.45) is 3.61. The molecule has 8 heteroatoms. The highest BCUT2D eigenvalue weighted by molar-refractivity contribution is 6.44. The maximum atomic E-state index is 11.4. The molecule has 5 N–H and O–H groups in total. The molecule has 0 atom stereocenters. The first-order chi connectivity index (χ1) is 9.61. The van der Waals surface area contributed by atoms with E-state index < -0.39 is 11.6 Å². The van der Waals surface area contributed by atoms with E-state index in [1.54, 1.807) is 0 Å². The summed E-state index contributed by atoms with van der Waals surface area (Å²) in [5.41, 5.74) is 9.72. The molecule has 112 valence electrons. The average Bonchev–Trinajstić information content (AvgIpc) is 2.42. The van der Waals surface area contributed by atoms with Crippen LogP contribution in [-0.4, -0.2) is 37.2 Å². The van der Waals surface area contributed by atoms with Gasteiger partial charge in [0.05, 0.1) is 0 Å². The van der Waals surface area contributed by atoms with Crippen molar-refractivity contribution in [3.05, 3.63) is 0 Å². The van der Waals surface area contributed by atoms with E-state index in [-0.39, 0.29) is 12.5 Å². The molecule has 0 bridgehead atoms. The second kappa shape index (κ2) is 11.9. The molecule has 0 heterocycles. The number of nitrogens with two attached hydrogens (primary N) is 2. The van der Waals surface area contributed by atoms with Gasteiger partial charge in [-0.15, -0.1) is 0 Å². The third-order valence-electron chi connectivity index (χ3n) is 2.34. The van der Waals surface area contributed by atoms with Gasteiger partial charge in [0.2, 0.25) is 11.6 Å². The van der Waals surface area contributed by atoms with Crippen molar-refractivity contribution in [2.24, 2.45) is 16.6 Å². The molecule has 0 rings (SSSR count). The second-order valence-electron chi connectivity index (χ2n) is 4.05. The molecule has 20 heavy (non-hydrogen) atoms. The number of primary amides is 1. The normalized spacial score (nSPS) is 10.7. The molecule has 0 saturated carbocycles. The summed E-state index contributed by atoms with van der Waals surface area (Å²) in [6.45, 7) is 1.44. The lowest BCUT2D eigenvalue weighted by molar-refractivity contribution is -0.121. The average molecular weight is 283 g/mol. The maximum Gasteiger partial charge on any atom is 0.281 e. The minimum Gasteiger partial charge on any atom is -0.395 e. The fourth-order valence-electron chi connectivity index (χ4n) is 1.29. The number of rotatable bonds is 11. The van der Waals surface area contributed by atoms with Gasteiger partial charge < -0.3 is 21.6 Å². The van der Waals surface area contributed by atoms with Crippen molar-refractivity contribution in [3.8, 4) is 6.07 Å². The van der Waals surface area contributed by atoms with Crippen molar-refractivity contribution in [2.45, 2.75) is 32.1 Å². The van der Waals surface area contributed by atoms with E-state index in [1.165, 1.54) is 6.07 Å². The standard InChI is InChI=1S/C12H21N5O3/c13-6-2-1-3-7-16-11(18)5-4-8-20-17-10(9-14)12(15)19/h1-8,13H2,(H2,15,19)(H,16,18)/b17-10-. The van der Waals surface area contributed by atoms with Crippen molar-refractivity contribution in [3.63, 3.8) is 0 Å². The van der Waals surface area contributed by atoms with Gasteiger partial charge in [-0.1, -0.05) is 11.6 Å². The number of unbranched alkanes of at least 4 members (excludes halogenated alkanes) is 2. The van der Waals surface area contributed by atoms with Crippen molar-refractivity contribution < 1.29 is 14.4 Å². The van der Waals surface area contributed by atoms with Crippen LogP contribution in [0.15, 0.2) is 5.16 Å². The SMILES string of the molecule is N#C/C(=N/OCCCC(=O)NCCCCCN)C(N)=O. The first-order valence-electron chi connectivity index (χ1n) is 6.48. The molecule has 0 aliphatic carbocycles. The van der Waals surface area contributed by atoms with Gasteiger partial charge in [0, 0.05) is 13.0 Å². The zero-order chi connectivity index (χ0) is 15.2. The quantitative estimate of drug-likeness (QED) is 0.263. The first kappa shape index (κ1) is 17.9. The smallest absolute Gasteiger partial charge is 0.281 e. The number of carbonyl (C=O) groups is 2. The highest BCUT2D eigenvalue weighted by Gasteiger charge is 2.05. The lowest BCUT2D eigenvalue weighted by atomic mass is 10.2. The Morgan fingerprint density at radius 1 is 1.25 bits per heavy atom. The van der Waals surface area contributed by atoms with Crippen molar-refractivity contribution >= 4 is 17.5 Å². The van der Waals surface area contributed by atoms with Crippen LogP contribution in [0.2, 0.25) is 0 Å². The van der Waals surface area contributed by atoms with Crippen LogP contribution < -0.4 is 16.8 Å². The molecule has 2 amide bonds. The van der Waals surface area contributed by atoms with E-state index in [2.05, 4.69) is 10.5 Å². The molecule has 0 unspecified atom stereocenters. The summed E-state index contributed by atoms with van der Waals surface area (Å²) in [6, 6.07) is 1.51. The van der Waals surface area contributed by atoms with E-state index in [0.717, 1.165) is 19.3 Å². The summed E-state index contributed by atoms with van der Waals surface area (Å²) in [5.74, 6) is -1.01. The van der Waals surface area contributed by atoms with Crippen LogP contribution in [0.4, 0.5) is 0 Å². The first-order valence-corrected chi connectivity index (χ1v) is 6.48. The minimum absolute atomic E-state index is 0.0688.